The highest BCUT2D eigenvalue weighted by Gasteiger charge is 2.55. The predicted molar refractivity (Wildman–Crippen MR) is 70.7 cm³/mol. The highest BCUT2D eigenvalue weighted by atomic mass is 16.5. The molecule has 2 heterocycles. The molecule has 0 bridgehead atoms. The summed E-state index contributed by atoms with van der Waals surface area (Å²) in [6.45, 7) is 4.28. The molecule has 0 amide bonds. The highest BCUT2D eigenvalue weighted by Crippen LogP contribution is 2.49. The van der Waals surface area contributed by atoms with Gasteiger partial charge in [0.05, 0.1) is 19.1 Å². The summed E-state index contributed by atoms with van der Waals surface area (Å²) in [5, 5.41) is 8.04. The first kappa shape index (κ1) is 13.5. The van der Waals surface area contributed by atoms with E-state index in [2.05, 4.69) is 15.1 Å². The van der Waals surface area contributed by atoms with Gasteiger partial charge in [-0.2, -0.15) is 0 Å². The standard InChI is InChI=1S/C14H21N3O3/c1-3-11-15-16-12(20-11)8-17-7-10-5-4-6-14(10,9-17)13(18)19-2/h10H,3-9H2,1-2H3/t10-,14-/m0/s1. The van der Waals surface area contributed by atoms with Gasteiger partial charge in [0, 0.05) is 19.5 Å². The Bertz CT molecular complexity index is 502. The second-order valence-corrected chi connectivity index (χ2v) is 5.85. The third kappa shape index (κ3) is 2.12. The second-order valence-electron chi connectivity index (χ2n) is 5.85. The third-order valence-corrected chi connectivity index (χ3v) is 4.70. The number of likely N-dealkylation sites (tertiary alicyclic amines) is 1. The average molecular weight is 279 g/mol. The van der Waals surface area contributed by atoms with Gasteiger partial charge in [0.25, 0.3) is 0 Å². The van der Waals surface area contributed by atoms with Crippen LogP contribution in [0.2, 0.25) is 0 Å². The summed E-state index contributed by atoms with van der Waals surface area (Å²) in [6.07, 6.45) is 3.91. The fourth-order valence-corrected chi connectivity index (χ4v) is 3.74. The number of carbonyl (C=O) groups excluding carboxylic acids is 1. The quantitative estimate of drug-likeness (QED) is 0.776. The maximum atomic E-state index is 12.2. The number of hydrogen-bond acceptors (Lipinski definition) is 6. The van der Waals surface area contributed by atoms with Crippen molar-refractivity contribution in [3.05, 3.63) is 11.8 Å². The molecule has 2 fully saturated rings. The van der Waals surface area contributed by atoms with Gasteiger partial charge in [-0.1, -0.05) is 13.3 Å². The van der Waals surface area contributed by atoms with Gasteiger partial charge >= 0.3 is 5.97 Å². The van der Waals surface area contributed by atoms with E-state index in [4.69, 9.17) is 9.15 Å². The minimum atomic E-state index is -0.303. The molecular formula is C14H21N3O3. The van der Waals surface area contributed by atoms with Crippen molar-refractivity contribution in [2.45, 2.75) is 39.2 Å². The number of methoxy groups -OCH3 is 1. The first-order chi connectivity index (χ1) is 9.68. The summed E-state index contributed by atoms with van der Waals surface area (Å²) >= 11 is 0. The van der Waals surface area contributed by atoms with Crippen molar-refractivity contribution in [2.24, 2.45) is 11.3 Å². The Balaban J connectivity index is 1.70. The van der Waals surface area contributed by atoms with Crippen molar-refractivity contribution in [1.82, 2.24) is 15.1 Å². The molecule has 0 spiro atoms. The highest BCUT2D eigenvalue weighted by molar-refractivity contribution is 5.78. The minimum Gasteiger partial charge on any atom is -0.469 e. The van der Waals surface area contributed by atoms with E-state index in [-0.39, 0.29) is 11.4 Å². The lowest BCUT2D eigenvalue weighted by molar-refractivity contribution is -0.153. The molecule has 2 atom stereocenters. The topological polar surface area (TPSA) is 68.5 Å². The van der Waals surface area contributed by atoms with Crippen molar-refractivity contribution in [3.8, 4) is 0 Å². The Labute approximate surface area is 118 Å². The molecule has 1 aliphatic carbocycles. The van der Waals surface area contributed by atoms with Crippen LogP contribution < -0.4 is 0 Å². The maximum absolute atomic E-state index is 12.2. The molecule has 0 aromatic carbocycles. The van der Waals surface area contributed by atoms with Crippen LogP contribution in [0.5, 0.6) is 0 Å². The fraction of sp³-hybridized carbons (Fsp3) is 0.786. The number of nitrogens with zero attached hydrogens (tertiary/aromatic N) is 3. The number of fused-ring (bicyclic) bond motifs is 1. The third-order valence-electron chi connectivity index (χ3n) is 4.70. The van der Waals surface area contributed by atoms with Gasteiger partial charge in [-0.25, -0.2) is 0 Å². The molecule has 6 heteroatoms. The van der Waals surface area contributed by atoms with Crippen molar-refractivity contribution in [1.29, 1.82) is 0 Å². The molecule has 0 unspecified atom stereocenters. The van der Waals surface area contributed by atoms with Crippen molar-refractivity contribution in [2.75, 3.05) is 20.2 Å². The molecular weight excluding hydrogens is 258 g/mol. The van der Waals surface area contributed by atoms with E-state index in [1.165, 1.54) is 7.11 Å². The van der Waals surface area contributed by atoms with Gasteiger partial charge in [-0.05, 0) is 18.8 Å². The van der Waals surface area contributed by atoms with Gasteiger partial charge in [-0.3, -0.25) is 9.69 Å². The van der Waals surface area contributed by atoms with Crippen LogP contribution in [0.1, 0.15) is 38.0 Å². The van der Waals surface area contributed by atoms with E-state index in [0.29, 0.717) is 24.2 Å². The first-order valence-corrected chi connectivity index (χ1v) is 7.30. The second kappa shape index (κ2) is 5.16. The largest absolute Gasteiger partial charge is 0.469 e. The monoisotopic (exact) mass is 279 g/mol. The average Bonchev–Trinajstić information content (AvgIpc) is 3.11. The van der Waals surface area contributed by atoms with Crippen molar-refractivity contribution >= 4 is 5.97 Å². The number of ether oxygens (including phenoxy) is 1. The number of hydrogen-bond donors (Lipinski definition) is 0. The molecule has 6 nitrogen and oxygen atoms in total. The van der Waals surface area contributed by atoms with Gasteiger partial charge in [0.15, 0.2) is 0 Å². The van der Waals surface area contributed by atoms with Crippen LogP contribution in [0.4, 0.5) is 0 Å². The SMILES string of the molecule is CCc1nnc(CN2C[C@@H]3CCC[C@]3(C(=O)OC)C2)o1. The Hall–Kier alpha value is -1.43. The van der Waals surface area contributed by atoms with Crippen LogP contribution in [0.15, 0.2) is 4.42 Å². The zero-order chi connectivity index (χ0) is 14.2. The van der Waals surface area contributed by atoms with E-state index in [9.17, 15) is 4.79 Å². The fourth-order valence-electron chi connectivity index (χ4n) is 3.74. The van der Waals surface area contributed by atoms with Gasteiger partial charge in [-0.15, -0.1) is 10.2 Å². The Morgan fingerprint density at radius 2 is 2.30 bits per heavy atom. The zero-order valence-corrected chi connectivity index (χ0v) is 12.1. The summed E-state index contributed by atoms with van der Waals surface area (Å²) in [7, 11) is 1.49. The summed E-state index contributed by atoms with van der Waals surface area (Å²) in [4.78, 5) is 14.4. The molecule has 1 aromatic rings. The smallest absolute Gasteiger partial charge is 0.313 e. The summed E-state index contributed by atoms with van der Waals surface area (Å²) in [6, 6.07) is 0. The lowest BCUT2D eigenvalue weighted by Crippen LogP contribution is -2.36. The Morgan fingerprint density at radius 1 is 1.50 bits per heavy atom. The summed E-state index contributed by atoms with van der Waals surface area (Å²) < 4.78 is 10.6. The van der Waals surface area contributed by atoms with E-state index in [1.54, 1.807) is 0 Å². The molecule has 2 aliphatic rings. The molecule has 3 rings (SSSR count). The molecule has 110 valence electrons. The molecule has 1 aliphatic heterocycles. The van der Waals surface area contributed by atoms with Crippen molar-refractivity contribution < 1.29 is 13.9 Å². The van der Waals surface area contributed by atoms with E-state index in [0.717, 1.165) is 38.8 Å². The van der Waals surface area contributed by atoms with E-state index in [1.807, 2.05) is 6.92 Å². The van der Waals surface area contributed by atoms with E-state index < -0.39 is 0 Å². The van der Waals surface area contributed by atoms with Crippen LogP contribution in [0, 0.1) is 11.3 Å². The Kier molecular flexibility index (Phi) is 3.50. The van der Waals surface area contributed by atoms with Gasteiger partial charge in [0.1, 0.15) is 0 Å². The molecule has 0 radical (unpaired) electrons. The maximum Gasteiger partial charge on any atom is 0.313 e. The van der Waals surface area contributed by atoms with Crippen LogP contribution in [-0.2, 0) is 22.5 Å². The lowest BCUT2D eigenvalue weighted by atomic mass is 9.81. The van der Waals surface area contributed by atoms with E-state index >= 15 is 0 Å². The lowest BCUT2D eigenvalue weighted by Gasteiger charge is -2.25. The number of rotatable bonds is 4. The number of aromatic nitrogens is 2. The van der Waals surface area contributed by atoms with Crippen molar-refractivity contribution in [3.63, 3.8) is 0 Å². The summed E-state index contributed by atoms with van der Waals surface area (Å²) in [5.41, 5.74) is -0.303. The molecule has 0 N–H and O–H groups in total. The zero-order valence-electron chi connectivity index (χ0n) is 12.1. The number of carbonyl (C=O) groups is 1. The van der Waals surface area contributed by atoms with Gasteiger partial charge in [0.2, 0.25) is 11.8 Å². The minimum absolute atomic E-state index is 0.0534. The van der Waals surface area contributed by atoms with Crippen LogP contribution in [-0.4, -0.2) is 41.3 Å². The first-order valence-electron chi connectivity index (χ1n) is 7.30. The van der Waals surface area contributed by atoms with Crippen LogP contribution in [0.3, 0.4) is 0 Å². The predicted octanol–water partition coefficient (Wildman–Crippen LogP) is 1.41. The molecule has 1 saturated carbocycles. The normalized spacial score (nSPS) is 29.6. The molecule has 1 saturated heterocycles. The Morgan fingerprint density at radius 3 is 3.00 bits per heavy atom. The van der Waals surface area contributed by atoms with Crippen LogP contribution in [0.25, 0.3) is 0 Å². The summed E-state index contributed by atoms with van der Waals surface area (Å²) in [5.74, 6) is 1.66. The van der Waals surface area contributed by atoms with Gasteiger partial charge < -0.3 is 9.15 Å². The molecule has 20 heavy (non-hydrogen) atoms. The van der Waals surface area contributed by atoms with Crippen LogP contribution >= 0.6 is 0 Å². The number of esters is 1. The number of aryl methyl sites for hydroxylation is 1. The molecule has 1 aromatic heterocycles.